The van der Waals surface area contributed by atoms with Crippen molar-refractivity contribution >= 4 is 45.9 Å². The van der Waals surface area contributed by atoms with Crippen LogP contribution in [0, 0.1) is 0 Å². The van der Waals surface area contributed by atoms with E-state index < -0.39 is 5.91 Å². The number of para-hydroxylation sites is 3. The molecular formula is C25H22N2O4S. The zero-order valence-electron chi connectivity index (χ0n) is 17.5. The third-order valence-corrected chi connectivity index (χ3v) is 5.77. The predicted octanol–water partition coefficient (Wildman–Crippen LogP) is 5.57. The van der Waals surface area contributed by atoms with Crippen LogP contribution in [0.4, 0.5) is 11.4 Å². The lowest BCUT2D eigenvalue weighted by Crippen LogP contribution is -2.18. The minimum absolute atomic E-state index is 0.0403. The van der Waals surface area contributed by atoms with Crippen molar-refractivity contribution in [3.8, 4) is 5.75 Å². The Morgan fingerprint density at radius 1 is 0.906 bits per heavy atom. The van der Waals surface area contributed by atoms with Crippen LogP contribution in [0.25, 0.3) is 11.0 Å². The van der Waals surface area contributed by atoms with Crippen molar-refractivity contribution in [3.05, 3.63) is 90.2 Å². The first-order valence-corrected chi connectivity index (χ1v) is 11.2. The van der Waals surface area contributed by atoms with Crippen LogP contribution in [0.1, 0.15) is 16.1 Å². The normalized spacial score (nSPS) is 10.7. The highest BCUT2D eigenvalue weighted by Gasteiger charge is 2.23. The number of furan rings is 1. The van der Waals surface area contributed by atoms with Gasteiger partial charge in [0.1, 0.15) is 17.0 Å². The molecule has 4 aromatic rings. The number of anilines is 2. The first kappa shape index (κ1) is 21.5. The fourth-order valence-electron chi connectivity index (χ4n) is 3.27. The summed E-state index contributed by atoms with van der Waals surface area (Å²) in [5.74, 6) is 0.865. The summed E-state index contributed by atoms with van der Waals surface area (Å²) in [5, 5.41) is 6.34. The summed E-state index contributed by atoms with van der Waals surface area (Å²) in [7, 11) is 1.53. The first-order chi connectivity index (χ1) is 15.7. The number of methoxy groups -OCH3 is 1. The summed E-state index contributed by atoms with van der Waals surface area (Å²) in [6.07, 6.45) is 0. The van der Waals surface area contributed by atoms with Gasteiger partial charge in [-0.3, -0.25) is 9.59 Å². The van der Waals surface area contributed by atoms with Crippen molar-refractivity contribution in [3.63, 3.8) is 0 Å². The smallest absolute Gasteiger partial charge is 0.293 e. The van der Waals surface area contributed by atoms with E-state index in [4.69, 9.17) is 9.15 Å². The van der Waals surface area contributed by atoms with Crippen molar-refractivity contribution in [2.45, 2.75) is 5.75 Å². The second-order valence-electron chi connectivity index (χ2n) is 6.98. The minimum atomic E-state index is -0.474. The van der Waals surface area contributed by atoms with Gasteiger partial charge in [-0.05, 0) is 29.8 Å². The van der Waals surface area contributed by atoms with Gasteiger partial charge in [0.2, 0.25) is 11.7 Å². The number of nitrogens with one attached hydrogen (secondary N) is 2. The number of carbonyl (C=O) groups is 2. The maximum Gasteiger partial charge on any atom is 0.293 e. The molecule has 0 fully saturated rings. The number of thioether (sulfide) groups is 1. The number of carbonyl (C=O) groups excluding carboxylic acids is 2. The van der Waals surface area contributed by atoms with Crippen LogP contribution in [0.15, 0.2) is 83.3 Å². The van der Waals surface area contributed by atoms with Crippen LogP contribution in [0.3, 0.4) is 0 Å². The maximum atomic E-state index is 13.0. The summed E-state index contributed by atoms with van der Waals surface area (Å²) < 4.78 is 11.1. The van der Waals surface area contributed by atoms with E-state index in [1.807, 2.05) is 54.6 Å². The van der Waals surface area contributed by atoms with Gasteiger partial charge in [0.25, 0.3) is 5.91 Å². The largest absolute Gasteiger partial charge is 0.495 e. The van der Waals surface area contributed by atoms with E-state index in [-0.39, 0.29) is 17.4 Å². The second kappa shape index (κ2) is 10.1. The van der Waals surface area contributed by atoms with Crippen molar-refractivity contribution in [1.29, 1.82) is 0 Å². The van der Waals surface area contributed by atoms with E-state index in [9.17, 15) is 9.59 Å². The highest BCUT2D eigenvalue weighted by atomic mass is 32.2. The summed E-state index contributed by atoms with van der Waals surface area (Å²) in [5.41, 5.74) is 2.54. The van der Waals surface area contributed by atoms with Gasteiger partial charge in [-0.2, -0.15) is 0 Å². The average Bonchev–Trinajstić information content (AvgIpc) is 3.18. The Kier molecular flexibility index (Phi) is 6.77. The third-order valence-electron chi connectivity index (χ3n) is 4.77. The summed E-state index contributed by atoms with van der Waals surface area (Å²) in [6.45, 7) is 0. The second-order valence-corrected chi connectivity index (χ2v) is 7.97. The first-order valence-electron chi connectivity index (χ1n) is 10.0. The topological polar surface area (TPSA) is 80.6 Å². The molecule has 2 N–H and O–H groups in total. The SMILES string of the molecule is COc1ccccc1NC(=O)c1oc2ccccc2c1NC(=O)CSCc1ccccc1. The van der Waals surface area contributed by atoms with E-state index in [1.54, 1.807) is 24.3 Å². The van der Waals surface area contributed by atoms with Gasteiger partial charge in [0.15, 0.2) is 0 Å². The van der Waals surface area contributed by atoms with Crippen molar-refractivity contribution in [2.24, 2.45) is 0 Å². The molecule has 2 amide bonds. The summed E-state index contributed by atoms with van der Waals surface area (Å²) >= 11 is 1.50. The predicted molar refractivity (Wildman–Crippen MR) is 128 cm³/mol. The van der Waals surface area contributed by atoms with Crippen molar-refractivity contribution in [1.82, 2.24) is 0 Å². The Labute approximate surface area is 190 Å². The van der Waals surface area contributed by atoms with E-state index in [0.717, 1.165) is 11.3 Å². The number of benzene rings is 3. The van der Waals surface area contributed by atoms with Crippen LogP contribution in [-0.4, -0.2) is 24.7 Å². The fourth-order valence-corrected chi connectivity index (χ4v) is 4.06. The number of rotatable bonds is 8. The third kappa shape index (κ3) is 4.95. The molecule has 0 aliphatic rings. The van der Waals surface area contributed by atoms with E-state index in [1.165, 1.54) is 18.9 Å². The highest BCUT2D eigenvalue weighted by molar-refractivity contribution is 7.99. The molecule has 32 heavy (non-hydrogen) atoms. The molecule has 1 heterocycles. The zero-order chi connectivity index (χ0) is 22.3. The van der Waals surface area contributed by atoms with Crippen molar-refractivity contribution < 1.29 is 18.7 Å². The van der Waals surface area contributed by atoms with Crippen LogP contribution in [0.2, 0.25) is 0 Å². The molecule has 6 nitrogen and oxygen atoms in total. The van der Waals surface area contributed by atoms with Crippen LogP contribution in [0.5, 0.6) is 5.75 Å². The average molecular weight is 447 g/mol. The maximum absolute atomic E-state index is 13.0. The van der Waals surface area contributed by atoms with Gasteiger partial charge in [0, 0.05) is 11.1 Å². The van der Waals surface area contributed by atoms with Crippen LogP contribution >= 0.6 is 11.8 Å². The molecule has 1 aromatic heterocycles. The molecular weight excluding hydrogens is 424 g/mol. The zero-order valence-corrected chi connectivity index (χ0v) is 18.3. The molecule has 0 spiro atoms. The molecule has 162 valence electrons. The molecule has 0 aliphatic heterocycles. The number of fused-ring (bicyclic) bond motifs is 1. The van der Waals surface area contributed by atoms with Gasteiger partial charge in [0.05, 0.1) is 18.6 Å². The van der Waals surface area contributed by atoms with E-state index in [0.29, 0.717) is 28.1 Å². The minimum Gasteiger partial charge on any atom is -0.495 e. The molecule has 0 bridgehead atoms. The monoisotopic (exact) mass is 446 g/mol. The molecule has 0 saturated heterocycles. The molecule has 0 unspecified atom stereocenters. The molecule has 0 aliphatic carbocycles. The Hall–Kier alpha value is -3.71. The van der Waals surface area contributed by atoms with Gasteiger partial charge < -0.3 is 19.8 Å². The molecule has 0 radical (unpaired) electrons. The Bertz CT molecular complexity index is 1240. The van der Waals surface area contributed by atoms with Crippen LogP contribution in [-0.2, 0) is 10.5 Å². The standard InChI is InChI=1S/C25H22N2O4S/c1-30-21-14-8-6-12-19(21)26-25(29)24-23(18-11-5-7-13-20(18)31-24)27-22(28)16-32-15-17-9-3-2-4-10-17/h2-14H,15-16H2,1H3,(H,26,29)(H,27,28). The fraction of sp³-hybridized carbons (Fsp3) is 0.120. The quantitative estimate of drug-likeness (QED) is 0.370. The highest BCUT2D eigenvalue weighted by Crippen LogP contribution is 2.32. The van der Waals surface area contributed by atoms with Crippen LogP contribution < -0.4 is 15.4 Å². The van der Waals surface area contributed by atoms with Gasteiger partial charge in [-0.25, -0.2) is 0 Å². The van der Waals surface area contributed by atoms with Crippen molar-refractivity contribution in [2.75, 3.05) is 23.5 Å². The van der Waals surface area contributed by atoms with E-state index in [2.05, 4.69) is 10.6 Å². The summed E-state index contributed by atoms with van der Waals surface area (Å²) in [6, 6.07) is 24.3. The number of ether oxygens (including phenoxy) is 1. The molecule has 0 saturated carbocycles. The molecule has 3 aromatic carbocycles. The van der Waals surface area contributed by atoms with E-state index >= 15 is 0 Å². The van der Waals surface area contributed by atoms with Gasteiger partial charge >= 0.3 is 0 Å². The lowest BCUT2D eigenvalue weighted by molar-refractivity contribution is -0.113. The lowest BCUT2D eigenvalue weighted by Gasteiger charge is -2.10. The summed E-state index contributed by atoms with van der Waals surface area (Å²) in [4.78, 5) is 25.7. The van der Waals surface area contributed by atoms with Gasteiger partial charge in [-0.15, -0.1) is 11.8 Å². The number of hydrogen-bond donors (Lipinski definition) is 2. The Morgan fingerprint density at radius 3 is 2.44 bits per heavy atom. The number of hydrogen-bond acceptors (Lipinski definition) is 5. The Morgan fingerprint density at radius 2 is 1.62 bits per heavy atom. The molecule has 0 atom stereocenters. The molecule has 4 rings (SSSR count). The lowest BCUT2D eigenvalue weighted by atomic mass is 10.2. The number of amides is 2. The van der Waals surface area contributed by atoms with Gasteiger partial charge in [-0.1, -0.05) is 54.6 Å². The molecule has 7 heteroatoms. The Balaban J connectivity index is 1.52.